The Morgan fingerprint density at radius 2 is 2.22 bits per heavy atom. The maximum atomic E-state index is 12.3. The van der Waals surface area contributed by atoms with E-state index in [1.807, 2.05) is 18.2 Å². The van der Waals surface area contributed by atoms with Crippen LogP contribution < -0.4 is 5.32 Å². The molecule has 3 heterocycles. The second-order valence-corrected chi connectivity index (χ2v) is 5.61. The summed E-state index contributed by atoms with van der Waals surface area (Å²) in [4.78, 5) is 30.5. The van der Waals surface area contributed by atoms with Crippen molar-refractivity contribution in [3.05, 3.63) is 54.2 Å². The van der Waals surface area contributed by atoms with Crippen molar-refractivity contribution in [1.29, 1.82) is 0 Å². The fraction of sp³-hybridized carbons (Fsp3) is 0.353. The van der Waals surface area contributed by atoms with Gasteiger partial charge in [-0.3, -0.25) is 14.6 Å². The molecule has 1 saturated heterocycles. The van der Waals surface area contributed by atoms with Gasteiger partial charge in [0.1, 0.15) is 0 Å². The smallest absolute Gasteiger partial charge is 0.289 e. The van der Waals surface area contributed by atoms with Gasteiger partial charge in [0.2, 0.25) is 5.91 Å². The van der Waals surface area contributed by atoms with E-state index in [1.54, 1.807) is 23.2 Å². The van der Waals surface area contributed by atoms with Gasteiger partial charge in [-0.25, -0.2) is 0 Å². The molecule has 1 aliphatic rings. The Kier molecular flexibility index (Phi) is 4.71. The van der Waals surface area contributed by atoms with Crippen LogP contribution in [0.1, 0.15) is 29.1 Å². The Labute approximate surface area is 134 Å². The Balaban J connectivity index is 1.55. The van der Waals surface area contributed by atoms with Gasteiger partial charge >= 0.3 is 0 Å². The minimum absolute atomic E-state index is 0.0346. The van der Waals surface area contributed by atoms with Crippen molar-refractivity contribution in [3.63, 3.8) is 0 Å². The second kappa shape index (κ2) is 7.09. The van der Waals surface area contributed by atoms with Gasteiger partial charge in [-0.05, 0) is 37.1 Å². The number of likely N-dealkylation sites (tertiary alicyclic amines) is 1. The van der Waals surface area contributed by atoms with Crippen molar-refractivity contribution >= 4 is 11.8 Å². The molecule has 1 atom stereocenters. The van der Waals surface area contributed by atoms with Crippen molar-refractivity contribution in [2.45, 2.75) is 19.4 Å². The minimum atomic E-state index is -0.189. The van der Waals surface area contributed by atoms with E-state index in [0.717, 1.165) is 18.5 Å². The first-order chi connectivity index (χ1) is 11.2. The number of aromatic nitrogens is 1. The van der Waals surface area contributed by atoms with E-state index in [9.17, 15) is 9.59 Å². The van der Waals surface area contributed by atoms with Crippen molar-refractivity contribution in [3.8, 4) is 0 Å². The van der Waals surface area contributed by atoms with Gasteiger partial charge in [0.15, 0.2) is 5.76 Å². The van der Waals surface area contributed by atoms with Gasteiger partial charge in [-0.1, -0.05) is 6.07 Å². The van der Waals surface area contributed by atoms with Gasteiger partial charge in [0, 0.05) is 19.3 Å². The number of carbonyl (C=O) groups excluding carboxylic acids is 2. The van der Waals surface area contributed by atoms with Gasteiger partial charge in [-0.2, -0.15) is 0 Å². The zero-order chi connectivity index (χ0) is 16.1. The van der Waals surface area contributed by atoms with Crippen molar-refractivity contribution < 1.29 is 14.0 Å². The van der Waals surface area contributed by atoms with Gasteiger partial charge in [0.25, 0.3) is 5.91 Å². The van der Waals surface area contributed by atoms with Crippen molar-refractivity contribution in [2.75, 3.05) is 13.1 Å². The normalized spacial score (nSPS) is 17.7. The Bertz CT molecular complexity index is 655. The molecule has 1 N–H and O–H groups in total. The van der Waals surface area contributed by atoms with Crippen LogP contribution in [0.2, 0.25) is 0 Å². The van der Waals surface area contributed by atoms with E-state index in [-0.39, 0.29) is 17.7 Å². The summed E-state index contributed by atoms with van der Waals surface area (Å²) in [5.74, 6) is -0.0595. The lowest BCUT2D eigenvalue weighted by Gasteiger charge is -2.31. The Hall–Kier alpha value is -2.63. The molecule has 0 saturated carbocycles. The highest BCUT2D eigenvalue weighted by atomic mass is 16.3. The molecular formula is C17H19N3O3. The number of furan rings is 1. The summed E-state index contributed by atoms with van der Waals surface area (Å²) < 4.78 is 5.15. The predicted molar refractivity (Wildman–Crippen MR) is 83.4 cm³/mol. The number of carbonyl (C=O) groups is 2. The number of amides is 2. The van der Waals surface area contributed by atoms with Crippen LogP contribution >= 0.6 is 0 Å². The maximum Gasteiger partial charge on any atom is 0.289 e. The van der Waals surface area contributed by atoms with Gasteiger partial charge < -0.3 is 14.6 Å². The van der Waals surface area contributed by atoms with Crippen LogP contribution in [0.3, 0.4) is 0 Å². The number of hydrogen-bond donors (Lipinski definition) is 1. The maximum absolute atomic E-state index is 12.3. The fourth-order valence-corrected chi connectivity index (χ4v) is 2.76. The minimum Gasteiger partial charge on any atom is -0.459 e. The van der Waals surface area contributed by atoms with E-state index < -0.39 is 0 Å². The Morgan fingerprint density at radius 3 is 2.96 bits per heavy atom. The summed E-state index contributed by atoms with van der Waals surface area (Å²) in [7, 11) is 0. The largest absolute Gasteiger partial charge is 0.459 e. The molecule has 0 aliphatic carbocycles. The van der Waals surface area contributed by atoms with Crippen LogP contribution in [0.4, 0.5) is 0 Å². The quantitative estimate of drug-likeness (QED) is 0.934. The lowest BCUT2D eigenvalue weighted by molar-refractivity contribution is -0.126. The molecule has 0 bridgehead atoms. The standard InChI is InChI=1S/C17H19N3O3/c21-16(19-11-14-6-1-2-8-18-14)13-5-3-9-20(12-13)17(22)15-7-4-10-23-15/h1-2,4,6-8,10,13H,3,5,9,11-12H2,(H,19,21). The monoisotopic (exact) mass is 313 g/mol. The van der Waals surface area contributed by atoms with Crippen molar-refractivity contribution in [1.82, 2.24) is 15.2 Å². The zero-order valence-corrected chi connectivity index (χ0v) is 12.8. The van der Waals surface area contributed by atoms with E-state index in [0.29, 0.717) is 25.4 Å². The highest BCUT2D eigenvalue weighted by Gasteiger charge is 2.29. The summed E-state index contributed by atoms with van der Waals surface area (Å²) in [6.45, 7) is 1.49. The fourth-order valence-electron chi connectivity index (χ4n) is 2.76. The number of nitrogens with zero attached hydrogens (tertiary/aromatic N) is 2. The summed E-state index contributed by atoms with van der Waals surface area (Å²) in [6, 6.07) is 8.93. The molecule has 120 valence electrons. The van der Waals surface area contributed by atoms with Gasteiger partial charge in [-0.15, -0.1) is 0 Å². The Morgan fingerprint density at radius 1 is 1.30 bits per heavy atom. The van der Waals surface area contributed by atoms with E-state index >= 15 is 0 Å². The van der Waals surface area contributed by atoms with Crippen LogP contribution in [0.5, 0.6) is 0 Å². The molecule has 0 radical (unpaired) electrons. The predicted octanol–water partition coefficient (Wildman–Crippen LogP) is 1.84. The number of pyridine rings is 1. The highest BCUT2D eigenvalue weighted by molar-refractivity contribution is 5.92. The summed E-state index contributed by atoms with van der Waals surface area (Å²) in [5, 5.41) is 2.90. The lowest BCUT2D eigenvalue weighted by atomic mass is 9.97. The molecule has 0 aromatic carbocycles. The van der Waals surface area contributed by atoms with E-state index in [4.69, 9.17) is 4.42 Å². The third-order valence-corrected chi connectivity index (χ3v) is 3.98. The van der Waals surface area contributed by atoms with E-state index in [2.05, 4.69) is 10.3 Å². The molecule has 23 heavy (non-hydrogen) atoms. The third kappa shape index (κ3) is 3.77. The molecule has 0 spiro atoms. The number of rotatable bonds is 4. The number of hydrogen-bond acceptors (Lipinski definition) is 4. The molecule has 2 amide bonds. The molecule has 6 nitrogen and oxygen atoms in total. The lowest BCUT2D eigenvalue weighted by Crippen LogP contribution is -2.45. The molecule has 1 unspecified atom stereocenters. The second-order valence-electron chi connectivity index (χ2n) is 5.61. The molecule has 1 aliphatic heterocycles. The topological polar surface area (TPSA) is 75.4 Å². The molecule has 2 aromatic rings. The average Bonchev–Trinajstić information content (AvgIpc) is 3.14. The first kappa shape index (κ1) is 15.3. The van der Waals surface area contributed by atoms with Crippen LogP contribution in [0, 0.1) is 5.92 Å². The first-order valence-corrected chi connectivity index (χ1v) is 7.74. The number of piperidine rings is 1. The molecule has 2 aromatic heterocycles. The molecular weight excluding hydrogens is 294 g/mol. The summed E-state index contributed by atoms with van der Waals surface area (Å²) >= 11 is 0. The number of nitrogens with one attached hydrogen (secondary N) is 1. The van der Waals surface area contributed by atoms with Crippen LogP contribution in [0.25, 0.3) is 0 Å². The molecule has 6 heteroatoms. The zero-order valence-electron chi connectivity index (χ0n) is 12.8. The van der Waals surface area contributed by atoms with Crippen molar-refractivity contribution in [2.24, 2.45) is 5.92 Å². The average molecular weight is 313 g/mol. The van der Waals surface area contributed by atoms with Gasteiger partial charge in [0.05, 0.1) is 24.4 Å². The van der Waals surface area contributed by atoms with Crippen LogP contribution in [0.15, 0.2) is 47.2 Å². The van der Waals surface area contributed by atoms with Crippen LogP contribution in [-0.4, -0.2) is 34.8 Å². The summed E-state index contributed by atoms with van der Waals surface area (Å²) in [6.07, 6.45) is 4.78. The molecule has 1 fully saturated rings. The SMILES string of the molecule is O=C(NCc1ccccn1)C1CCCN(C(=O)c2ccco2)C1. The molecule has 3 rings (SSSR count). The highest BCUT2D eigenvalue weighted by Crippen LogP contribution is 2.19. The first-order valence-electron chi connectivity index (χ1n) is 7.74. The van der Waals surface area contributed by atoms with E-state index in [1.165, 1.54) is 6.26 Å². The van der Waals surface area contributed by atoms with Crippen LogP contribution in [-0.2, 0) is 11.3 Å². The third-order valence-electron chi connectivity index (χ3n) is 3.98. The summed E-state index contributed by atoms with van der Waals surface area (Å²) in [5.41, 5.74) is 0.820.